The molecule has 0 aliphatic carbocycles. The molecule has 0 radical (unpaired) electrons. The molecule has 0 unspecified atom stereocenters. The third-order valence-electron chi connectivity index (χ3n) is 4.56. The van der Waals surface area contributed by atoms with E-state index in [2.05, 4.69) is 60.0 Å². The SMILES string of the molecule is CCN(CC)c1ccc(N=O)c([Se][Se]c2cc(N(CC)CC)ccc2N=O)c1. The van der Waals surface area contributed by atoms with Crippen molar-refractivity contribution in [2.75, 3.05) is 36.0 Å². The van der Waals surface area contributed by atoms with E-state index >= 15 is 0 Å². The fourth-order valence-corrected chi connectivity index (χ4v) is 9.70. The molecule has 28 heavy (non-hydrogen) atoms. The molecule has 0 aliphatic rings. The van der Waals surface area contributed by atoms with Crippen LogP contribution in [0.1, 0.15) is 27.7 Å². The van der Waals surface area contributed by atoms with Crippen molar-refractivity contribution in [2.24, 2.45) is 10.4 Å². The Morgan fingerprint density at radius 3 is 1.32 bits per heavy atom. The number of anilines is 2. The van der Waals surface area contributed by atoms with Crippen LogP contribution in [0.3, 0.4) is 0 Å². The fraction of sp³-hybridized carbons (Fsp3) is 0.400. The molecule has 0 N–H and O–H groups in total. The van der Waals surface area contributed by atoms with E-state index in [1.54, 1.807) is 12.1 Å². The molecule has 0 atom stereocenters. The van der Waals surface area contributed by atoms with Gasteiger partial charge in [0.25, 0.3) is 0 Å². The Labute approximate surface area is 177 Å². The molecule has 150 valence electrons. The molecule has 0 aromatic heterocycles. The average molecular weight is 512 g/mol. The van der Waals surface area contributed by atoms with Crippen molar-refractivity contribution in [3.8, 4) is 0 Å². The normalized spacial score (nSPS) is 10.6. The summed E-state index contributed by atoms with van der Waals surface area (Å²) in [7, 11) is 0. The van der Waals surface area contributed by atoms with Crippen molar-refractivity contribution < 1.29 is 0 Å². The first-order valence-corrected chi connectivity index (χ1v) is 15.5. The van der Waals surface area contributed by atoms with Crippen LogP contribution >= 0.6 is 0 Å². The quantitative estimate of drug-likeness (QED) is 0.342. The Kier molecular flexibility index (Phi) is 9.12. The minimum atomic E-state index is 0.0285. The second-order valence-corrected chi connectivity index (χ2v) is 12.2. The van der Waals surface area contributed by atoms with E-state index < -0.39 is 0 Å². The molecule has 0 fully saturated rings. The molecule has 2 aromatic carbocycles. The predicted octanol–water partition coefficient (Wildman–Crippen LogP) is 3.45. The molecule has 0 spiro atoms. The van der Waals surface area contributed by atoms with Gasteiger partial charge in [0.15, 0.2) is 0 Å². The van der Waals surface area contributed by atoms with E-state index in [4.69, 9.17) is 0 Å². The van der Waals surface area contributed by atoms with Crippen LogP contribution in [-0.2, 0) is 0 Å². The van der Waals surface area contributed by atoms with E-state index in [1.165, 1.54) is 0 Å². The van der Waals surface area contributed by atoms with E-state index in [0.717, 1.165) is 46.5 Å². The Morgan fingerprint density at radius 1 is 0.679 bits per heavy atom. The topological polar surface area (TPSA) is 65.3 Å². The van der Waals surface area contributed by atoms with Gasteiger partial charge in [-0.05, 0) is 0 Å². The number of benzene rings is 2. The molecule has 0 amide bonds. The fourth-order valence-electron chi connectivity index (χ4n) is 2.95. The van der Waals surface area contributed by atoms with Gasteiger partial charge in [-0.2, -0.15) is 0 Å². The van der Waals surface area contributed by atoms with Crippen molar-refractivity contribution in [2.45, 2.75) is 27.7 Å². The van der Waals surface area contributed by atoms with Gasteiger partial charge in [0.2, 0.25) is 0 Å². The van der Waals surface area contributed by atoms with Gasteiger partial charge >= 0.3 is 178 Å². The van der Waals surface area contributed by atoms with Crippen molar-refractivity contribution in [1.82, 2.24) is 0 Å². The van der Waals surface area contributed by atoms with Crippen molar-refractivity contribution >= 4 is 57.9 Å². The molecule has 2 rings (SSSR count). The first-order chi connectivity index (χ1) is 13.6. The molecule has 8 heteroatoms. The van der Waals surface area contributed by atoms with Gasteiger partial charge in [0.05, 0.1) is 0 Å². The van der Waals surface area contributed by atoms with Crippen LogP contribution in [-0.4, -0.2) is 52.4 Å². The Morgan fingerprint density at radius 2 is 1.04 bits per heavy atom. The van der Waals surface area contributed by atoms with E-state index in [1.807, 2.05) is 12.1 Å². The van der Waals surface area contributed by atoms with Gasteiger partial charge in [-0.1, -0.05) is 0 Å². The Balaban J connectivity index is 2.31. The second kappa shape index (κ2) is 11.3. The summed E-state index contributed by atoms with van der Waals surface area (Å²) in [5, 5.41) is 6.43. The zero-order valence-electron chi connectivity index (χ0n) is 16.7. The van der Waals surface area contributed by atoms with Crippen LogP contribution in [0.5, 0.6) is 0 Å². The molecular weight excluding hydrogens is 486 g/mol. The summed E-state index contributed by atoms with van der Waals surface area (Å²) in [6.45, 7) is 12.1. The molecule has 0 heterocycles. The van der Waals surface area contributed by atoms with Gasteiger partial charge < -0.3 is 0 Å². The van der Waals surface area contributed by atoms with Gasteiger partial charge in [0.1, 0.15) is 0 Å². The van der Waals surface area contributed by atoms with Crippen molar-refractivity contribution in [1.29, 1.82) is 0 Å². The first kappa shape index (κ1) is 22.6. The van der Waals surface area contributed by atoms with Gasteiger partial charge in [-0.3, -0.25) is 0 Å². The maximum atomic E-state index is 11.3. The monoisotopic (exact) mass is 514 g/mol. The number of hydrogen-bond acceptors (Lipinski definition) is 6. The van der Waals surface area contributed by atoms with Gasteiger partial charge in [0, 0.05) is 0 Å². The van der Waals surface area contributed by atoms with E-state index in [9.17, 15) is 9.81 Å². The molecular formula is C20H26N4O2Se2. The minimum absolute atomic E-state index is 0.0285. The van der Waals surface area contributed by atoms with Gasteiger partial charge in [-0.15, -0.1) is 0 Å². The zero-order chi connectivity index (χ0) is 20.5. The summed E-state index contributed by atoms with van der Waals surface area (Å²) in [5.74, 6) is 0. The molecule has 0 bridgehead atoms. The summed E-state index contributed by atoms with van der Waals surface area (Å²) >= 11 is 0.0570. The maximum absolute atomic E-state index is 11.3. The molecule has 0 saturated heterocycles. The standard InChI is InChI=1S/C20H26N4O2Se2/c1-5-23(6-2)15-9-11-17(21-25)19(13-15)27-28-20-14-16(24(7-3)8-4)10-12-18(20)22-26/h9-14H,5-8H2,1-4H3. The second-order valence-electron chi connectivity index (χ2n) is 6.00. The van der Waals surface area contributed by atoms with Crippen LogP contribution in [0.2, 0.25) is 0 Å². The summed E-state index contributed by atoms with van der Waals surface area (Å²) in [6.07, 6.45) is 0. The predicted molar refractivity (Wildman–Crippen MR) is 122 cm³/mol. The van der Waals surface area contributed by atoms with Crippen LogP contribution in [0, 0.1) is 9.81 Å². The summed E-state index contributed by atoms with van der Waals surface area (Å²) < 4.78 is 1.97. The molecule has 0 saturated carbocycles. The summed E-state index contributed by atoms with van der Waals surface area (Å²) in [5.41, 5.74) is 3.21. The average Bonchev–Trinajstić information content (AvgIpc) is 2.74. The summed E-state index contributed by atoms with van der Waals surface area (Å²) in [6, 6.07) is 11.7. The number of rotatable bonds is 11. The van der Waals surface area contributed by atoms with Crippen molar-refractivity contribution in [3.63, 3.8) is 0 Å². The number of hydrogen-bond donors (Lipinski definition) is 0. The van der Waals surface area contributed by atoms with E-state index in [-0.39, 0.29) is 26.3 Å². The third kappa shape index (κ3) is 5.42. The third-order valence-corrected chi connectivity index (χ3v) is 11.7. The molecule has 2 aromatic rings. The first-order valence-electron chi connectivity index (χ1n) is 9.40. The summed E-state index contributed by atoms with van der Waals surface area (Å²) in [4.78, 5) is 27.1. The van der Waals surface area contributed by atoms with Crippen molar-refractivity contribution in [3.05, 3.63) is 46.2 Å². The van der Waals surface area contributed by atoms with E-state index in [0.29, 0.717) is 11.4 Å². The molecule has 6 nitrogen and oxygen atoms in total. The Bertz CT molecular complexity index is 741. The number of nitrogens with zero attached hydrogens (tertiary/aromatic N) is 4. The van der Waals surface area contributed by atoms with Crippen LogP contribution in [0.25, 0.3) is 0 Å². The number of nitroso groups, excluding NO2 is 2. The van der Waals surface area contributed by atoms with Crippen LogP contribution < -0.4 is 18.7 Å². The zero-order valence-corrected chi connectivity index (χ0v) is 20.1. The Hall–Kier alpha value is -1.72. The van der Waals surface area contributed by atoms with Gasteiger partial charge in [-0.25, -0.2) is 0 Å². The molecule has 0 aliphatic heterocycles. The van der Waals surface area contributed by atoms with Crippen LogP contribution in [0.4, 0.5) is 22.7 Å². The van der Waals surface area contributed by atoms with Crippen LogP contribution in [0.15, 0.2) is 46.8 Å².